The van der Waals surface area contributed by atoms with Gasteiger partial charge in [0, 0.05) is 30.6 Å². The second kappa shape index (κ2) is 6.23. The van der Waals surface area contributed by atoms with Crippen molar-refractivity contribution in [1.29, 1.82) is 0 Å². The summed E-state index contributed by atoms with van der Waals surface area (Å²) >= 11 is 0. The van der Waals surface area contributed by atoms with Gasteiger partial charge in [-0.2, -0.15) is 0 Å². The summed E-state index contributed by atoms with van der Waals surface area (Å²) in [5.74, 6) is 0.846. The molecule has 1 saturated heterocycles. The third-order valence-corrected chi connectivity index (χ3v) is 5.31. The van der Waals surface area contributed by atoms with Gasteiger partial charge in [-0.05, 0) is 37.3 Å². The minimum absolute atomic E-state index is 0.173. The van der Waals surface area contributed by atoms with Crippen LogP contribution in [-0.2, 0) is 4.79 Å². The molecule has 2 amide bonds. The van der Waals surface area contributed by atoms with Gasteiger partial charge in [-0.1, -0.05) is 39.0 Å². The van der Waals surface area contributed by atoms with E-state index in [2.05, 4.69) is 6.07 Å². The number of benzene rings is 1. The number of carbonyl (C=O) groups is 2. The SMILES string of the molecule is CCN(CC1CCN2C(=O)c3ccccc3C2C1)C(=O)C(C)(C)C. The van der Waals surface area contributed by atoms with Crippen molar-refractivity contribution in [1.82, 2.24) is 9.80 Å². The first kappa shape index (κ1) is 17.0. The van der Waals surface area contributed by atoms with Crippen LogP contribution < -0.4 is 0 Å². The van der Waals surface area contributed by atoms with Crippen LogP contribution in [0.5, 0.6) is 0 Å². The smallest absolute Gasteiger partial charge is 0.254 e. The highest BCUT2D eigenvalue weighted by Gasteiger charge is 2.41. The number of rotatable bonds is 3. The summed E-state index contributed by atoms with van der Waals surface area (Å²) in [5, 5.41) is 0. The molecule has 4 heteroatoms. The number of hydrogen-bond donors (Lipinski definition) is 0. The minimum Gasteiger partial charge on any atom is -0.342 e. The van der Waals surface area contributed by atoms with Crippen LogP contribution in [0.1, 0.15) is 62.5 Å². The van der Waals surface area contributed by atoms with E-state index in [9.17, 15) is 9.59 Å². The van der Waals surface area contributed by atoms with Crippen LogP contribution >= 0.6 is 0 Å². The van der Waals surface area contributed by atoms with E-state index in [1.807, 2.05) is 55.7 Å². The summed E-state index contributed by atoms with van der Waals surface area (Å²) in [6.45, 7) is 10.3. The molecule has 0 bridgehead atoms. The zero-order chi connectivity index (χ0) is 17.5. The van der Waals surface area contributed by atoms with E-state index >= 15 is 0 Å². The average molecular weight is 328 g/mol. The fraction of sp³-hybridized carbons (Fsp3) is 0.600. The van der Waals surface area contributed by atoms with Crippen molar-refractivity contribution in [2.24, 2.45) is 11.3 Å². The second-order valence-corrected chi connectivity index (χ2v) is 8.09. The van der Waals surface area contributed by atoms with Crippen molar-refractivity contribution < 1.29 is 9.59 Å². The van der Waals surface area contributed by atoms with Gasteiger partial charge in [0.25, 0.3) is 5.91 Å². The van der Waals surface area contributed by atoms with Gasteiger partial charge >= 0.3 is 0 Å². The molecule has 1 aromatic rings. The van der Waals surface area contributed by atoms with Crippen molar-refractivity contribution in [3.05, 3.63) is 35.4 Å². The molecule has 0 aliphatic carbocycles. The second-order valence-electron chi connectivity index (χ2n) is 8.09. The Kier molecular flexibility index (Phi) is 4.41. The minimum atomic E-state index is -0.341. The van der Waals surface area contributed by atoms with Crippen LogP contribution in [0.2, 0.25) is 0 Å². The van der Waals surface area contributed by atoms with Crippen molar-refractivity contribution in [3.63, 3.8) is 0 Å². The lowest BCUT2D eigenvalue weighted by Crippen LogP contribution is -2.45. The van der Waals surface area contributed by atoms with E-state index in [-0.39, 0.29) is 23.3 Å². The van der Waals surface area contributed by atoms with Crippen molar-refractivity contribution in [2.45, 2.75) is 46.6 Å². The van der Waals surface area contributed by atoms with E-state index in [0.717, 1.165) is 43.6 Å². The lowest BCUT2D eigenvalue weighted by Gasteiger charge is -2.38. The van der Waals surface area contributed by atoms with Gasteiger partial charge in [0.05, 0.1) is 6.04 Å². The van der Waals surface area contributed by atoms with Crippen molar-refractivity contribution in [3.8, 4) is 0 Å². The Morgan fingerprint density at radius 1 is 1.29 bits per heavy atom. The molecule has 0 spiro atoms. The highest BCUT2D eigenvalue weighted by Crippen LogP contribution is 2.42. The maximum absolute atomic E-state index is 12.6. The molecule has 130 valence electrons. The van der Waals surface area contributed by atoms with Gasteiger partial charge in [-0.25, -0.2) is 0 Å². The van der Waals surface area contributed by atoms with Gasteiger partial charge in [0.15, 0.2) is 0 Å². The predicted octanol–water partition coefficient (Wildman–Crippen LogP) is 3.49. The number of amides is 2. The Morgan fingerprint density at radius 3 is 2.67 bits per heavy atom. The molecule has 2 aliphatic heterocycles. The Labute approximate surface area is 144 Å². The average Bonchev–Trinajstić information content (AvgIpc) is 2.84. The van der Waals surface area contributed by atoms with Crippen LogP contribution in [0.3, 0.4) is 0 Å². The molecule has 0 radical (unpaired) electrons. The third kappa shape index (κ3) is 2.94. The Bertz CT molecular complexity index is 647. The lowest BCUT2D eigenvalue weighted by molar-refractivity contribution is -0.140. The van der Waals surface area contributed by atoms with Gasteiger partial charge in [-0.15, -0.1) is 0 Å². The molecular formula is C20H28N2O2. The maximum Gasteiger partial charge on any atom is 0.254 e. The fourth-order valence-corrected chi connectivity index (χ4v) is 4.02. The largest absolute Gasteiger partial charge is 0.342 e. The standard InChI is InChI=1S/C20H28N2O2/c1-5-21(19(24)20(2,3)4)13-14-10-11-22-17(12-14)15-8-6-7-9-16(15)18(22)23/h6-9,14,17H,5,10-13H2,1-4H3. The molecule has 2 atom stereocenters. The van der Waals surface area contributed by atoms with Crippen molar-refractivity contribution in [2.75, 3.05) is 19.6 Å². The Balaban J connectivity index is 1.73. The van der Waals surface area contributed by atoms with Crippen LogP contribution in [0.25, 0.3) is 0 Å². The highest BCUT2D eigenvalue weighted by atomic mass is 16.2. The van der Waals surface area contributed by atoms with Gasteiger partial charge < -0.3 is 9.80 Å². The molecule has 0 N–H and O–H groups in total. The zero-order valence-corrected chi connectivity index (χ0v) is 15.2. The van der Waals surface area contributed by atoms with E-state index in [4.69, 9.17) is 0 Å². The number of fused-ring (bicyclic) bond motifs is 3. The van der Waals surface area contributed by atoms with Crippen LogP contribution in [0.4, 0.5) is 0 Å². The molecular weight excluding hydrogens is 300 g/mol. The monoisotopic (exact) mass is 328 g/mol. The van der Waals surface area contributed by atoms with Crippen LogP contribution in [-0.4, -0.2) is 41.2 Å². The first-order valence-corrected chi connectivity index (χ1v) is 9.02. The van der Waals surface area contributed by atoms with Crippen LogP contribution in [0, 0.1) is 11.3 Å². The molecule has 1 aromatic carbocycles. The molecule has 1 fully saturated rings. The highest BCUT2D eigenvalue weighted by molar-refractivity contribution is 5.99. The molecule has 2 heterocycles. The van der Waals surface area contributed by atoms with E-state index in [0.29, 0.717) is 5.92 Å². The van der Waals surface area contributed by atoms with Crippen molar-refractivity contribution >= 4 is 11.8 Å². The van der Waals surface area contributed by atoms with E-state index in [1.165, 1.54) is 0 Å². The van der Waals surface area contributed by atoms with Gasteiger partial charge in [0.2, 0.25) is 5.91 Å². The normalized spacial score (nSPS) is 23.0. The number of carbonyl (C=O) groups excluding carboxylic acids is 2. The van der Waals surface area contributed by atoms with Gasteiger partial charge in [0.1, 0.15) is 0 Å². The summed E-state index contributed by atoms with van der Waals surface area (Å²) < 4.78 is 0. The van der Waals surface area contributed by atoms with Gasteiger partial charge in [-0.3, -0.25) is 9.59 Å². The number of nitrogens with zero attached hydrogens (tertiary/aromatic N) is 2. The third-order valence-electron chi connectivity index (χ3n) is 5.31. The fourth-order valence-electron chi connectivity index (χ4n) is 4.02. The zero-order valence-electron chi connectivity index (χ0n) is 15.2. The topological polar surface area (TPSA) is 40.6 Å². The molecule has 0 aromatic heterocycles. The lowest BCUT2D eigenvalue weighted by atomic mass is 9.87. The summed E-state index contributed by atoms with van der Waals surface area (Å²) in [6.07, 6.45) is 1.93. The quantitative estimate of drug-likeness (QED) is 0.852. The predicted molar refractivity (Wildman–Crippen MR) is 94.7 cm³/mol. The summed E-state index contributed by atoms with van der Waals surface area (Å²) in [5.41, 5.74) is 1.69. The molecule has 2 unspecified atom stereocenters. The summed E-state index contributed by atoms with van der Waals surface area (Å²) in [7, 11) is 0. The first-order chi connectivity index (χ1) is 11.3. The Hall–Kier alpha value is -1.84. The Morgan fingerprint density at radius 2 is 2.00 bits per heavy atom. The van der Waals surface area contributed by atoms with Crippen LogP contribution in [0.15, 0.2) is 24.3 Å². The van der Waals surface area contributed by atoms with E-state index < -0.39 is 0 Å². The molecule has 2 aliphatic rings. The molecule has 24 heavy (non-hydrogen) atoms. The number of piperidine rings is 1. The summed E-state index contributed by atoms with van der Waals surface area (Å²) in [4.78, 5) is 29.1. The van der Waals surface area contributed by atoms with E-state index in [1.54, 1.807) is 0 Å². The summed E-state index contributed by atoms with van der Waals surface area (Å²) in [6, 6.07) is 8.16. The number of hydrogen-bond acceptors (Lipinski definition) is 2. The maximum atomic E-state index is 12.6. The molecule has 0 saturated carbocycles. The first-order valence-electron chi connectivity index (χ1n) is 9.02. The molecule has 3 rings (SSSR count). The molecule has 4 nitrogen and oxygen atoms in total.